The van der Waals surface area contributed by atoms with Gasteiger partial charge in [-0.15, -0.1) is 0 Å². The van der Waals surface area contributed by atoms with Gasteiger partial charge in [0.05, 0.1) is 6.54 Å². The van der Waals surface area contributed by atoms with Gasteiger partial charge >= 0.3 is 5.97 Å². The molecule has 17 heavy (non-hydrogen) atoms. The van der Waals surface area contributed by atoms with E-state index in [0.29, 0.717) is 13.1 Å². The smallest absolute Gasteiger partial charge is 0.323 e. The number of carbonyl (C=O) groups excluding carboxylic acids is 2. The normalized spacial score (nSPS) is 13.1. The molecule has 0 unspecified atom stereocenters. The van der Waals surface area contributed by atoms with Gasteiger partial charge in [0.15, 0.2) is 0 Å². The van der Waals surface area contributed by atoms with E-state index in [4.69, 9.17) is 4.74 Å². The molecule has 0 aromatic heterocycles. The third-order valence-electron chi connectivity index (χ3n) is 1.98. The van der Waals surface area contributed by atoms with Crippen molar-refractivity contribution in [3.05, 3.63) is 0 Å². The molecule has 1 N–H and O–H groups in total. The van der Waals surface area contributed by atoms with Crippen molar-refractivity contribution in [3.8, 4) is 0 Å². The Morgan fingerprint density at radius 3 is 2.41 bits per heavy atom. The maximum atomic E-state index is 11.9. The van der Waals surface area contributed by atoms with E-state index >= 15 is 0 Å². The maximum Gasteiger partial charge on any atom is 0.323 e. The van der Waals surface area contributed by atoms with Crippen molar-refractivity contribution in [3.63, 3.8) is 0 Å². The lowest BCUT2D eigenvalue weighted by Crippen LogP contribution is -2.45. The van der Waals surface area contributed by atoms with Crippen LogP contribution in [-0.4, -0.2) is 36.8 Å². The molecule has 0 saturated carbocycles. The van der Waals surface area contributed by atoms with Crippen molar-refractivity contribution in [2.75, 3.05) is 13.1 Å². The number of esters is 1. The number of ether oxygens (including phenoxy) is 1. The highest BCUT2D eigenvalue weighted by molar-refractivity contribution is 5.76. The minimum atomic E-state index is -0.493. The quantitative estimate of drug-likeness (QED) is 0.330. The fourth-order valence-corrected chi connectivity index (χ4v) is 1.28. The summed E-state index contributed by atoms with van der Waals surface area (Å²) in [6.45, 7) is 10.1. The van der Waals surface area contributed by atoms with Crippen molar-refractivity contribution in [2.45, 2.75) is 46.3 Å². The Morgan fingerprint density at radius 2 is 2.00 bits per heavy atom. The van der Waals surface area contributed by atoms with E-state index in [1.165, 1.54) is 6.08 Å². The van der Waals surface area contributed by atoms with Crippen molar-refractivity contribution < 1.29 is 14.3 Å². The van der Waals surface area contributed by atoms with Gasteiger partial charge in [0, 0.05) is 6.54 Å². The molecular formula is C12H22N2O3. The Hall–Kier alpha value is -1.19. The lowest BCUT2D eigenvalue weighted by atomic mass is 10.0. The Labute approximate surface area is 103 Å². The summed E-state index contributed by atoms with van der Waals surface area (Å²) >= 11 is 0. The van der Waals surface area contributed by atoms with Gasteiger partial charge < -0.3 is 10.1 Å². The van der Waals surface area contributed by atoms with Gasteiger partial charge in [-0.1, -0.05) is 13.8 Å². The molecule has 0 rings (SSSR count). The first-order valence-corrected chi connectivity index (χ1v) is 5.78. The molecule has 5 heteroatoms. The number of nitrogens with zero attached hydrogens (tertiary/aromatic N) is 1. The van der Waals surface area contributed by atoms with E-state index in [1.807, 2.05) is 34.6 Å². The summed E-state index contributed by atoms with van der Waals surface area (Å²) in [5.41, 5.74) is -0.493. The van der Waals surface area contributed by atoms with Crippen LogP contribution in [0, 0.1) is 5.92 Å². The largest absolute Gasteiger partial charge is 0.459 e. The summed E-state index contributed by atoms with van der Waals surface area (Å²) in [6, 6.07) is -0.379. The van der Waals surface area contributed by atoms with Gasteiger partial charge in [-0.25, -0.2) is 9.79 Å². The van der Waals surface area contributed by atoms with Crippen LogP contribution in [-0.2, 0) is 14.3 Å². The van der Waals surface area contributed by atoms with Gasteiger partial charge in [-0.05, 0) is 26.7 Å². The second kappa shape index (κ2) is 7.20. The van der Waals surface area contributed by atoms with Crippen LogP contribution in [0.1, 0.15) is 34.6 Å². The number of nitrogens with one attached hydrogen (secondary N) is 1. The Bertz CT molecular complexity index is 289. The van der Waals surface area contributed by atoms with Crippen LogP contribution >= 0.6 is 0 Å². The van der Waals surface area contributed by atoms with Crippen molar-refractivity contribution in [1.29, 1.82) is 0 Å². The minimum Gasteiger partial charge on any atom is -0.459 e. The first-order chi connectivity index (χ1) is 7.78. The number of hydrogen-bond acceptors (Lipinski definition) is 5. The topological polar surface area (TPSA) is 67.8 Å². The van der Waals surface area contributed by atoms with E-state index in [2.05, 4.69) is 10.3 Å². The third kappa shape index (κ3) is 7.66. The molecule has 1 atom stereocenters. The van der Waals surface area contributed by atoms with Crippen molar-refractivity contribution in [1.82, 2.24) is 5.32 Å². The van der Waals surface area contributed by atoms with Crippen LogP contribution in [0.4, 0.5) is 0 Å². The Morgan fingerprint density at radius 1 is 1.41 bits per heavy atom. The van der Waals surface area contributed by atoms with Crippen molar-refractivity contribution >= 4 is 12.0 Å². The minimum absolute atomic E-state index is 0.116. The summed E-state index contributed by atoms with van der Waals surface area (Å²) in [6.07, 6.45) is 1.46. The molecule has 0 aliphatic carbocycles. The van der Waals surface area contributed by atoms with E-state index in [9.17, 15) is 9.59 Å². The second-order valence-corrected chi connectivity index (χ2v) is 5.18. The summed E-state index contributed by atoms with van der Waals surface area (Å²) in [5.74, 6) is -0.160. The molecular weight excluding hydrogens is 220 g/mol. The predicted molar refractivity (Wildman–Crippen MR) is 65.5 cm³/mol. The van der Waals surface area contributed by atoms with Crippen LogP contribution < -0.4 is 5.32 Å². The Balaban J connectivity index is 4.32. The highest BCUT2D eigenvalue weighted by Gasteiger charge is 2.26. The first kappa shape index (κ1) is 15.8. The zero-order chi connectivity index (χ0) is 13.5. The molecule has 5 nitrogen and oxygen atoms in total. The average molecular weight is 242 g/mol. The molecule has 98 valence electrons. The molecule has 0 saturated heterocycles. The van der Waals surface area contributed by atoms with Crippen molar-refractivity contribution in [2.24, 2.45) is 10.9 Å². The molecule has 0 heterocycles. The standard InChI is InChI=1S/C12H22N2O3/c1-9(2)10(14-7-6-13-8-15)11(16)17-12(3,4)5/h9-10,14H,6-7H2,1-5H3/t10-/m0/s1. The number of hydrogen-bond donors (Lipinski definition) is 1. The highest BCUT2D eigenvalue weighted by atomic mass is 16.6. The van der Waals surface area contributed by atoms with Gasteiger partial charge in [-0.3, -0.25) is 4.79 Å². The van der Waals surface area contributed by atoms with Crippen LogP contribution in [0.2, 0.25) is 0 Å². The number of isocyanates is 1. The zero-order valence-corrected chi connectivity index (χ0v) is 11.2. The molecule has 0 aliphatic rings. The molecule has 0 spiro atoms. The van der Waals surface area contributed by atoms with E-state index in [1.54, 1.807) is 0 Å². The maximum absolute atomic E-state index is 11.9. The molecule has 0 aliphatic heterocycles. The van der Waals surface area contributed by atoms with Gasteiger partial charge in [0.2, 0.25) is 6.08 Å². The predicted octanol–water partition coefficient (Wildman–Crippen LogP) is 1.28. The molecule has 0 aromatic rings. The summed E-state index contributed by atoms with van der Waals surface area (Å²) in [5, 5.41) is 3.03. The highest BCUT2D eigenvalue weighted by Crippen LogP contribution is 2.12. The van der Waals surface area contributed by atoms with Gasteiger partial charge in [0.1, 0.15) is 11.6 Å². The number of aliphatic imine (C=N–C) groups is 1. The van der Waals surface area contributed by atoms with Crippen LogP contribution in [0.3, 0.4) is 0 Å². The van der Waals surface area contributed by atoms with Gasteiger partial charge in [0.25, 0.3) is 0 Å². The van der Waals surface area contributed by atoms with E-state index < -0.39 is 5.60 Å². The SMILES string of the molecule is CC(C)[C@H](NCCN=C=O)C(=O)OC(C)(C)C. The summed E-state index contributed by atoms with van der Waals surface area (Å²) in [7, 11) is 0. The van der Waals surface area contributed by atoms with E-state index in [-0.39, 0.29) is 17.9 Å². The summed E-state index contributed by atoms with van der Waals surface area (Å²) < 4.78 is 5.31. The number of rotatable bonds is 6. The van der Waals surface area contributed by atoms with Gasteiger partial charge in [-0.2, -0.15) is 0 Å². The second-order valence-electron chi connectivity index (χ2n) is 5.18. The zero-order valence-electron chi connectivity index (χ0n) is 11.2. The van der Waals surface area contributed by atoms with E-state index in [0.717, 1.165) is 0 Å². The molecule has 0 radical (unpaired) electrons. The fourth-order valence-electron chi connectivity index (χ4n) is 1.28. The fraction of sp³-hybridized carbons (Fsp3) is 0.833. The molecule has 0 amide bonds. The third-order valence-corrected chi connectivity index (χ3v) is 1.98. The Kier molecular flexibility index (Phi) is 6.69. The number of carbonyl (C=O) groups is 1. The lowest BCUT2D eigenvalue weighted by Gasteiger charge is -2.26. The molecule has 0 fully saturated rings. The molecule has 0 bridgehead atoms. The van der Waals surface area contributed by atoms with Crippen LogP contribution in [0.5, 0.6) is 0 Å². The van der Waals surface area contributed by atoms with Crippen LogP contribution in [0.15, 0.2) is 4.99 Å². The van der Waals surface area contributed by atoms with Crippen LogP contribution in [0.25, 0.3) is 0 Å². The molecule has 0 aromatic carbocycles. The first-order valence-electron chi connectivity index (χ1n) is 5.78. The monoisotopic (exact) mass is 242 g/mol. The lowest BCUT2D eigenvalue weighted by molar-refractivity contribution is -0.158. The summed E-state index contributed by atoms with van der Waals surface area (Å²) in [4.78, 5) is 25.2. The average Bonchev–Trinajstić information content (AvgIpc) is 2.14.